The van der Waals surface area contributed by atoms with E-state index in [0.717, 1.165) is 0 Å². The molecule has 0 saturated carbocycles. The molecule has 0 atom stereocenters. The van der Waals surface area contributed by atoms with E-state index in [-0.39, 0.29) is 32.4 Å². The minimum absolute atomic E-state index is 0. The molecule has 0 saturated heterocycles. The van der Waals surface area contributed by atoms with Crippen LogP contribution in [0.25, 0.3) is 0 Å². The molecule has 0 aliphatic rings. The highest BCUT2D eigenvalue weighted by Crippen LogP contribution is 2.25. The van der Waals surface area contributed by atoms with Crippen molar-refractivity contribution in [3.63, 3.8) is 0 Å². The fraction of sp³-hybridized carbons (Fsp3) is 0. The molecule has 13 heteroatoms. The van der Waals surface area contributed by atoms with Crippen molar-refractivity contribution in [1.82, 2.24) is 21.1 Å². The molecule has 1 aromatic rings. The van der Waals surface area contributed by atoms with Gasteiger partial charge in [0.05, 0.1) is 0 Å². The van der Waals surface area contributed by atoms with Crippen molar-refractivity contribution in [2.45, 2.75) is 0 Å². The fourth-order valence-electron chi connectivity index (χ4n) is 0.427. The van der Waals surface area contributed by atoms with Gasteiger partial charge in [0, 0.05) is 8.41 Å². The highest BCUT2D eigenvalue weighted by Gasteiger charge is 2.00. The van der Waals surface area contributed by atoms with Crippen LogP contribution in [0.5, 0.6) is 0 Å². The highest BCUT2D eigenvalue weighted by atomic mass is 31.2. The maximum absolute atomic E-state index is 8.88. The summed E-state index contributed by atoms with van der Waals surface area (Å²) in [7, 11) is -4.64. The second-order valence-corrected chi connectivity index (χ2v) is 2.95. The number of hydrogen-bond acceptors (Lipinski definition) is 8. The van der Waals surface area contributed by atoms with Gasteiger partial charge in [-0.2, -0.15) is 15.0 Å². The molecule has 1 rings (SSSR count). The Bertz CT molecular complexity index is 299. The van der Waals surface area contributed by atoms with Crippen LogP contribution in [0.15, 0.2) is 0 Å². The summed E-state index contributed by atoms with van der Waals surface area (Å²) in [6.45, 7) is 0. The molecule has 91 valence electrons. The first-order valence-corrected chi connectivity index (χ1v) is 4.56. The van der Waals surface area contributed by atoms with Crippen molar-refractivity contribution in [1.29, 1.82) is 0 Å². The van der Waals surface area contributed by atoms with Crippen LogP contribution in [0.1, 0.15) is 0 Å². The quantitative estimate of drug-likeness (QED) is 0.188. The van der Waals surface area contributed by atoms with E-state index >= 15 is 0 Å². The van der Waals surface area contributed by atoms with Gasteiger partial charge in [0.15, 0.2) is 0 Å². The second-order valence-electron chi connectivity index (χ2n) is 1.92. The Morgan fingerprint density at radius 3 is 1.12 bits per heavy atom. The average Bonchev–Trinajstić information content (AvgIpc) is 1.77. The number of aromatic nitrogens is 3. The monoisotopic (exact) mass is 252 g/mol. The van der Waals surface area contributed by atoms with Crippen molar-refractivity contribution in [2.24, 2.45) is 0 Å². The summed E-state index contributed by atoms with van der Waals surface area (Å²) in [4.78, 5) is 32.0. The molecule has 0 bridgehead atoms. The Morgan fingerprint density at radius 2 is 1.00 bits per heavy atom. The van der Waals surface area contributed by atoms with E-state index in [1.165, 1.54) is 0 Å². The first-order chi connectivity index (χ1) is 6.18. The molecular formula is C3H12BN7O4P. The van der Waals surface area contributed by atoms with Crippen LogP contribution in [0.2, 0.25) is 0 Å². The number of anilines is 3. The molecule has 0 unspecified atom stereocenters. The first-order valence-electron chi connectivity index (χ1n) is 2.99. The lowest BCUT2D eigenvalue weighted by atomic mass is 10.8. The van der Waals surface area contributed by atoms with Crippen molar-refractivity contribution >= 4 is 34.1 Å². The van der Waals surface area contributed by atoms with Crippen LogP contribution in [0.3, 0.4) is 0 Å². The number of nitrogens with zero attached hydrogens (tertiary/aromatic N) is 3. The zero-order chi connectivity index (χ0) is 11.4. The van der Waals surface area contributed by atoms with Gasteiger partial charge in [-0.3, -0.25) is 0 Å². The fourth-order valence-corrected chi connectivity index (χ4v) is 0.427. The van der Waals surface area contributed by atoms with E-state index in [2.05, 4.69) is 15.0 Å². The van der Waals surface area contributed by atoms with E-state index in [4.69, 9.17) is 36.4 Å². The Balaban J connectivity index is -0.000000214. The molecule has 0 aliphatic heterocycles. The second kappa shape index (κ2) is 7.79. The van der Waals surface area contributed by atoms with E-state index in [9.17, 15) is 0 Å². The topological polar surface area (TPSA) is 229 Å². The van der Waals surface area contributed by atoms with Gasteiger partial charge >= 0.3 is 7.82 Å². The van der Waals surface area contributed by atoms with Gasteiger partial charge < -0.3 is 38.0 Å². The summed E-state index contributed by atoms with van der Waals surface area (Å²) in [5.74, 6) is 0.125. The largest absolute Gasteiger partial charge is 0.466 e. The number of nitrogens with two attached hydrogens (primary N) is 3. The average molecular weight is 252 g/mol. The summed E-state index contributed by atoms with van der Waals surface area (Å²) in [5.41, 5.74) is 15.4. The first kappa shape index (κ1) is 20.0. The molecule has 12 N–H and O–H groups in total. The van der Waals surface area contributed by atoms with Gasteiger partial charge in [-0.25, -0.2) is 4.57 Å². The predicted molar refractivity (Wildman–Crippen MR) is 58.1 cm³/mol. The van der Waals surface area contributed by atoms with Gasteiger partial charge in [0.1, 0.15) is 0 Å². The maximum Gasteiger partial charge on any atom is 0.466 e. The zero-order valence-electron chi connectivity index (χ0n) is 8.06. The lowest BCUT2D eigenvalue weighted by Gasteiger charge is -1.93. The Morgan fingerprint density at radius 1 is 0.875 bits per heavy atom. The van der Waals surface area contributed by atoms with Crippen LogP contribution < -0.4 is 23.4 Å². The summed E-state index contributed by atoms with van der Waals surface area (Å²) < 4.78 is 8.88. The van der Waals surface area contributed by atoms with Gasteiger partial charge in [-0.15, -0.1) is 0 Å². The highest BCUT2D eigenvalue weighted by molar-refractivity contribution is 7.45. The molecule has 0 fully saturated rings. The molecule has 3 radical (unpaired) electrons. The van der Waals surface area contributed by atoms with Gasteiger partial charge in [-0.05, 0) is 0 Å². The minimum atomic E-state index is -4.64. The summed E-state index contributed by atoms with van der Waals surface area (Å²) in [6.07, 6.45) is 0. The Hall–Kier alpha value is -1.46. The molecule has 1 heterocycles. The van der Waals surface area contributed by atoms with Gasteiger partial charge in [-0.1, -0.05) is 0 Å². The van der Waals surface area contributed by atoms with E-state index in [1.807, 2.05) is 0 Å². The van der Waals surface area contributed by atoms with Crippen molar-refractivity contribution < 1.29 is 19.2 Å². The summed E-state index contributed by atoms with van der Waals surface area (Å²) in [5, 5.41) is 0. The Kier molecular flexibility index (Phi) is 9.74. The third-order valence-corrected chi connectivity index (χ3v) is 0.687. The molecule has 0 aliphatic carbocycles. The maximum atomic E-state index is 8.88. The van der Waals surface area contributed by atoms with Crippen LogP contribution >= 0.6 is 7.82 Å². The third kappa shape index (κ3) is 15.0. The minimum Gasteiger partial charge on any atom is -0.368 e. The molecule has 0 aromatic carbocycles. The zero-order valence-corrected chi connectivity index (χ0v) is 8.95. The number of nitrogen functional groups attached to an aromatic ring is 3. The van der Waals surface area contributed by atoms with Crippen molar-refractivity contribution in [2.75, 3.05) is 17.2 Å². The number of rotatable bonds is 0. The lowest BCUT2D eigenvalue weighted by molar-refractivity contribution is 0.275. The molecule has 11 nitrogen and oxygen atoms in total. The van der Waals surface area contributed by atoms with Gasteiger partial charge in [0.25, 0.3) is 0 Å². The number of hydrogen-bond donors (Lipinski definition) is 7. The van der Waals surface area contributed by atoms with Crippen LogP contribution in [-0.2, 0) is 4.57 Å². The standard InChI is InChI=1S/C3H6N6.B.H3N.H3O4P/c4-1-7-2(5)9-3(6)8-1;;;1-5(2,3)4/h(H6,4,5,6,7,8,9);;1H3;(H3,1,2,3,4). The predicted octanol–water partition coefficient (Wildman–Crippen LogP) is -2.53. The van der Waals surface area contributed by atoms with E-state index in [1.54, 1.807) is 0 Å². The van der Waals surface area contributed by atoms with Gasteiger partial charge in [0.2, 0.25) is 17.8 Å². The number of phosphoric acid groups is 1. The van der Waals surface area contributed by atoms with Crippen LogP contribution in [0, 0.1) is 0 Å². The van der Waals surface area contributed by atoms with E-state index in [0.29, 0.717) is 0 Å². The smallest absolute Gasteiger partial charge is 0.368 e. The molecule has 1 aromatic heterocycles. The van der Waals surface area contributed by atoms with Crippen molar-refractivity contribution in [3.8, 4) is 0 Å². The normalized spacial score (nSPS) is 8.94. The third-order valence-electron chi connectivity index (χ3n) is 0.687. The SMILES string of the molecule is N.Nc1nc(N)nc(N)n1.O=P(O)(O)O.[B]. The van der Waals surface area contributed by atoms with Crippen LogP contribution in [0.4, 0.5) is 17.8 Å². The molecule has 16 heavy (non-hydrogen) atoms. The molecular weight excluding hydrogens is 240 g/mol. The lowest BCUT2D eigenvalue weighted by Crippen LogP contribution is -2.05. The Labute approximate surface area is 92.5 Å². The van der Waals surface area contributed by atoms with E-state index < -0.39 is 7.82 Å². The van der Waals surface area contributed by atoms with Crippen molar-refractivity contribution in [3.05, 3.63) is 0 Å². The van der Waals surface area contributed by atoms with Crippen LogP contribution in [-0.4, -0.2) is 38.0 Å². The molecule has 0 spiro atoms. The summed E-state index contributed by atoms with van der Waals surface area (Å²) in [6, 6.07) is 0. The molecule has 0 amide bonds. The summed E-state index contributed by atoms with van der Waals surface area (Å²) >= 11 is 0.